The Balaban J connectivity index is 1.70. The number of aliphatic hydroxyl groups is 1. The smallest absolute Gasteiger partial charge is 0.234 e. The largest absolute Gasteiger partial charge is 0.394 e. The van der Waals surface area contributed by atoms with Gasteiger partial charge in [0.25, 0.3) is 0 Å². The third kappa shape index (κ3) is 3.44. The van der Waals surface area contributed by atoms with E-state index in [9.17, 15) is 4.79 Å². The average Bonchev–Trinajstić information content (AvgIpc) is 3.02. The van der Waals surface area contributed by atoms with Crippen molar-refractivity contribution in [2.45, 2.75) is 25.0 Å². The summed E-state index contributed by atoms with van der Waals surface area (Å²) in [6, 6.07) is 0.423. The third-order valence-corrected chi connectivity index (χ3v) is 2.74. The van der Waals surface area contributed by atoms with Crippen LogP contribution in [0, 0.1) is 0 Å². The average molecular weight is 214 g/mol. The van der Waals surface area contributed by atoms with Gasteiger partial charge < -0.3 is 15.2 Å². The molecule has 0 aromatic carbocycles. The van der Waals surface area contributed by atoms with Crippen molar-refractivity contribution in [1.29, 1.82) is 0 Å². The Morgan fingerprint density at radius 2 is 2.33 bits per heavy atom. The number of nitrogens with one attached hydrogen (secondary N) is 1. The molecule has 1 aliphatic heterocycles. The van der Waals surface area contributed by atoms with Crippen LogP contribution in [0.4, 0.5) is 0 Å². The Labute approximate surface area is 89.4 Å². The molecule has 1 amide bonds. The molecular weight excluding hydrogens is 196 g/mol. The molecule has 1 heterocycles. The van der Waals surface area contributed by atoms with Gasteiger partial charge in [0.1, 0.15) is 0 Å². The molecule has 86 valence electrons. The molecule has 1 saturated heterocycles. The van der Waals surface area contributed by atoms with Crippen LogP contribution in [0.3, 0.4) is 0 Å². The molecule has 0 bridgehead atoms. The molecule has 15 heavy (non-hydrogen) atoms. The van der Waals surface area contributed by atoms with Crippen LogP contribution in [0.25, 0.3) is 0 Å². The molecule has 0 aromatic rings. The zero-order valence-corrected chi connectivity index (χ0v) is 8.82. The minimum absolute atomic E-state index is 0.0285. The molecule has 5 heteroatoms. The van der Waals surface area contributed by atoms with Crippen LogP contribution in [-0.4, -0.2) is 60.9 Å². The van der Waals surface area contributed by atoms with Gasteiger partial charge in [0.2, 0.25) is 5.91 Å². The SMILES string of the molecule is O=C(CN1CCOC(CO)C1)NC1CC1. The molecule has 2 fully saturated rings. The molecule has 1 unspecified atom stereocenters. The number of carbonyl (C=O) groups excluding carboxylic acids is 1. The van der Waals surface area contributed by atoms with E-state index in [0.29, 0.717) is 25.7 Å². The van der Waals surface area contributed by atoms with Crippen LogP contribution in [0.5, 0.6) is 0 Å². The standard InChI is InChI=1S/C10H18N2O3/c13-7-9-5-12(3-4-15-9)6-10(14)11-8-1-2-8/h8-9,13H,1-7H2,(H,11,14). The summed E-state index contributed by atoms with van der Waals surface area (Å²) < 4.78 is 5.31. The fourth-order valence-electron chi connectivity index (χ4n) is 1.74. The zero-order chi connectivity index (χ0) is 10.7. The van der Waals surface area contributed by atoms with Gasteiger partial charge in [-0.2, -0.15) is 0 Å². The molecule has 1 aliphatic carbocycles. The van der Waals surface area contributed by atoms with E-state index in [4.69, 9.17) is 9.84 Å². The first-order valence-electron chi connectivity index (χ1n) is 5.52. The molecule has 2 aliphatic rings. The highest BCUT2D eigenvalue weighted by molar-refractivity contribution is 5.78. The van der Waals surface area contributed by atoms with Crippen molar-refractivity contribution < 1.29 is 14.6 Å². The molecular formula is C10H18N2O3. The van der Waals surface area contributed by atoms with E-state index in [-0.39, 0.29) is 18.6 Å². The minimum Gasteiger partial charge on any atom is -0.394 e. The topological polar surface area (TPSA) is 61.8 Å². The predicted octanol–water partition coefficient (Wildman–Crippen LogP) is -1.04. The van der Waals surface area contributed by atoms with E-state index in [1.807, 2.05) is 4.90 Å². The monoisotopic (exact) mass is 214 g/mol. The van der Waals surface area contributed by atoms with Crippen LogP contribution in [-0.2, 0) is 9.53 Å². The minimum atomic E-state index is -0.132. The van der Waals surface area contributed by atoms with E-state index in [1.54, 1.807) is 0 Å². The van der Waals surface area contributed by atoms with Gasteiger partial charge in [-0.25, -0.2) is 0 Å². The Morgan fingerprint density at radius 3 is 3.00 bits per heavy atom. The lowest BCUT2D eigenvalue weighted by atomic mass is 10.3. The first-order chi connectivity index (χ1) is 7.28. The number of aliphatic hydroxyl groups excluding tert-OH is 1. The van der Waals surface area contributed by atoms with Crippen LogP contribution < -0.4 is 5.32 Å². The molecule has 0 aromatic heterocycles. The molecule has 5 nitrogen and oxygen atoms in total. The lowest BCUT2D eigenvalue weighted by molar-refractivity contribution is -0.125. The van der Waals surface area contributed by atoms with Crippen molar-refractivity contribution in [3.63, 3.8) is 0 Å². The number of morpholine rings is 1. The van der Waals surface area contributed by atoms with E-state index in [1.165, 1.54) is 0 Å². The summed E-state index contributed by atoms with van der Waals surface area (Å²) in [5.41, 5.74) is 0. The second-order valence-electron chi connectivity index (χ2n) is 4.25. The Morgan fingerprint density at radius 1 is 1.53 bits per heavy atom. The van der Waals surface area contributed by atoms with Crippen molar-refractivity contribution in [3.8, 4) is 0 Å². The summed E-state index contributed by atoms with van der Waals surface area (Å²) in [6.07, 6.45) is 2.11. The fraction of sp³-hybridized carbons (Fsp3) is 0.900. The lowest BCUT2D eigenvalue weighted by Gasteiger charge is -2.31. The predicted molar refractivity (Wildman–Crippen MR) is 54.4 cm³/mol. The van der Waals surface area contributed by atoms with Gasteiger partial charge in [0, 0.05) is 19.1 Å². The van der Waals surface area contributed by atoms with Gasteiger partial charge in [-0.05, 0) is 12.8 Å². The van der Waals surface area contributed by atoms with E-state index < -0.39 is 0 Å². The van der Waals surface area contributed by atoms with Crippen molar-refractivity contribution in [1.82, 2.24) is 10.2 Å². The maximum atomic E-state index is 11.5. The maximum Gasteiger partial charge on any atom is 0.234 e. The van der Waals surface area contributed by atoms with E-state index in [2.05, 4.69) is 5.32 Å². The second kappa shape index (κ2) is 4.92. The first-order valence-corrected chi connectivity index (χ1v) is 5.52. The third-order valence-electron chi connectivity index (χ3n) is 2.74. The molecule has 2 rings (SSSR count). The van der Waals surface area contributed by atoms with Crippen LogP contribution in [0.1, 0.15) is 12.8 Å². The summed E-state index contributed by atoms with van der Waals surface area (Å²) in [5.74, 6) is 0.0936. The second-order valence-corrected chi connectivity index (χ2v) is 4.25. The maximum absolute atomic E-state index is 11.5. The number of hydrogen-bond donors (Lipinski definition) is 2. The Bertz CT molecular complexity index is 231. The summed E-state index contributed by atoms with van der Waals surface area (Å²) in [5, 5.41) is 11.9. The van der Waals surface area contributed by atoms with Crippen molar-refractivity contribution in [2.24, 2.45) is 0 Å². The van der Waals surface area contributed by atoms with Crippen molar-refractivity contribution in [2.75, 3.05) is 32.8 Å². The molecule has 1 saturated carbocycles. The number of nitrogens with zero attached hydrogens (tertiary/aromatic N) is 1. The van der Waals surface area contributed by atoms with E-state index in [0.717, 1.165) is 19.4 Å². The van der Waals surface area contributed by atoms with E-state index >= 15 is 0 Å². The van der Waals surface area contributed by atoms with Gasteiger partial charge in [0.15, 0.2) is 0 Å². The summed E-state index contributed by atoms with van der Waals surface area (Å²) in [6.45, 7) is 2.47. The number of amides is 1. The highest BCUT2D eigenvalue weighted by Crippen LogP contribution is 2.18. The lowest BCUT2D eigenvalue weighted by Crippen LogP contribution is -2.48. The highest BCUT2D eigenvalue weighted by Gasteiger charge is 2.26. The number of ether oxygens (including phenoxy) is 1. The Hall–Kier alpha value is -0.650. The quantitative estimate of drug-likeness (QED) is 0.627. The van der Waals surface area contributed by atoms with Crippen LogP contribution in [0.15, 0.2) is 0 Å². The number of carbonyl (C=O) groups is 1. The van der Waals surface area contributed by atoms with Gasteiger partial charge >= 0.3 is 0 Å². The summed E-state index contributed by atoms with van der Waals surface area (Å²) in [7, 11) is 0. The summed E-state index contributed by atoms with van der Waals surface area (Å²) in [4.78, 5) is 13.5. The molecule has 0 spiro atoms. The zero-order valence-electron chi connectivity index (χ0n) is 8.82. The first kappa shape index (κ1) is 10.9. The number of rotatable bonds is 4. The van der Waals surface area contributed by atoms with Gasteiger partial charge in [-0.1, -0.05) is 0 Å². The molecule has 1 atom stereocenters. The van der Waals surface area contributed by atoms with Crippen molar-refractivity contribution >= 4 is 5.91 Å². The fourth-order valence-corrected chi connectivity index (χ4v) is 1.74. The van der Waals surface area contributed by atoms with Gasteiger partial charge in [-0.15, -0.1) is 0 Å². The van der Waals surface area contributed by atoms with Gasteiger partial charge in [0.05, 0.1) is 25.9 Å². The molecule has 0 radical (unpaired) electrons. The van der Waals surface area contributed by atoms with Crippen LogP contribution in [0.2, 0.25) is 0 Å². The molecule has 2 N–H and O–H groups in total. The number of hydrogen-bond acceptors (Lipinski definition) is 4. The van der Waals surface area contributed by atoms with Crippen molar-refractivity contribution in [3.05, 3.63) is 0 Å². The Kier molecular flexibility index (Phi) is 3.56. The summed E-state index contributed by atoms with van der Waals surface area (Å²) >= 11 is 0. The normalized spacial score (nSPS) is 27.7. The van der Waals surface area contributed by atoms with Crippen LogP contribution >= 0.6 is 0 Å². The van der Waals surface area contributed by atoms with Gasteiger partial charge in [-0.3, -0.25) is 9.69 Å². The highest BCUT2D eigenvalue weighted by atomic mass is 16.5.